The lowest BCUT2D eigenvalue weighted by molar-refractivity contribution is -0.385. The molecule has 1 heterocycles. The molecular formula is C15H15N3O3. The van der Waals surface area contributed by atoms with E-state index in [1.165, 1.54) is 6.07 Å². The van der Waals surface area contributed by atoms with Crippen LogP contribution in [0.1, 0.15) is 34.5 Å². The Kier molecular flexibility index (Phi) is 4.27. The van der Waals surface area contributed by atoms with Gasteiger partial charge in [-0.1, -0.05) is 12.1 Å². The van der Waals surface area contributed by atoms with Crippen LogP contribution in [-0.2, 0) is 0 Å². The number of hydrogen-bond acceptors (Lipinski definition) is 4. The van der Waals surface area contributed by atoms with Gasteiger partial charge in [0.05, 0.1) is 11.0 Å². The van der Waals surface area contributed by atoms with Crippen LogP contribution in [0.5, 0.6) is 0 Å². The second-order valence-corrected chi connectivity index (χ2v) is 4.74. The smallest absolute Gasteiger partial charge is 0.273 e. The SMILES string of the molecule is Cc1ccc(C(=O)NC(C)c2cccnc2)cc1[N+](=O)[O-]. The molecule has 2 aromatic rings. The number of nitrogens with one attached hydrogen (secondary N) is 1. The minimum atomic E-state index is -0.489. The third-order valence-corrected chi connectivity index (χ3v) is 3.20. The maximum absolute atomic E-state index is 12.2. The van der Waals surface area contributed by atoms with E-state index in [0.29, 0.717) is 5.56 Å². The number of aryl methyl sites for hydroxylation is 1. The molecule has 1 aromatic carbocycles. The Hall–Kier alpha value is -2.76. The number of nitrogens with zero attached hydrogens (tertiary/aromatic N) is 2. The lowest BCUT2D eigenvalue weighted by atomic mass is 10.1. The molecule has 6 nitrogen and oxygen atoms in total. The van der Waals surface area contributed by atoms with Gasteiger partial charge in [0.15, 0.2) is 0 Å². The number of benzene rings is 1. The summed E-state index contributed by atoms with van der Waals surface area (Å²) in [6.07, 6.45) is 3.32. The van der Waals surface area contributed by atoms with Gasteiger partial charge in [0.2, 0.25) is 0 Å². The molecule has 1 amide bonds. The van der Waals surface area contributed by atoms with Crippen LogP contribution in [0.4, 0.5) is 5.69 Å². The molecule has 0 bridgehead atoms. The number of carbonyl (C=O) groups excluding carboxylic acids is 1. The van der Waals surface area contributed by atoms with Gasteiger partial charge in [0, 0.05) is 29.6 Å². The molecule has 1 unspecified atom stereocenters. The highest BCUT2D eigenvalue weighted by Gasteiger charge is 2.16. The Labute approximate surface area is 122 Å². The zero-order chi connectivity index (χ0) is 15.4. The van der Waals surface area contributed by atoms with E-state index in [0.717, 1.165) is 5.56 Å². The lowest BCUT2D eigenvalue weighted by Gasteiger charge is -2.14. The van der Waals surface area contributed by atoms with E-state index in [-0.39, 0.29) is 23.2 Å². The van der Waals surface area contributed by atoms with E-state index >= 15 is 0 Å². The molecular weight excluding hydrogens is 270 g/mol. The van der Waals surface area contributed by atoms with Crippen molar-refractivity contribution in [2.75, 3.05) is 0 Å². The lowest BCUT2D eigenvalue weighted by Crippen LogP contribution is -2.26. The number of hydrogen-bond donors (Lipinski definition) is 1. The zero-order valence-electron chi connectivity index (χ0n) is 11.7. The van der Waals surface area contributed by atoms with Gasteiger partial charge in [-0.15, -0.1) is 0 Å². The zero-order valence-corrected chi connectivity index (χ0v) is 11.7. The van der Waals surface area contributed by atoms with Crippen molar-refractivity contribution in [1.82, 2.24) is 10.3 Å². The third-order valence-electron chi connectivity index (χ3n) is 3.20. The Bertz CT molecular complexity index is 671. The fraction of sp³-hybridized carbons (Fsp3) is 0.200. The Balaban J connectivity index is 2.17. The van der Waals surface area contributed by atoms with Crippen LogP contribution in [0.2, 0.25) is 0 Å². The number of nitro groups is 1. The van der Waals surface area contributed by atoms with Gasteiger partial charge >= 0.3 is 0 Å². The van der Waals surface area contributed by atoms with E-state index in [4.69, 9.17) is 0 Å². The van der Waals surface area contributed by atoms with Gasteiger partial charge in [-0.25, -0.2) is 0 Å². The molecule has 1 atom stereocenters. The summed E-state index contributed by atoms with van der Waals surface area (Å²) >= 11 is 0. The summed E-state index contributed by atoms with van der Waals surface area (Å²) in [5, 5.41) is 13.7. The number of carbonyl (C=O) groups is 1. The highest BCUT2D eigenvalue weighted by Crippen LogP contribution is 2.20. The molecule has 0 saturated heterocycles. The standard InChI is InChI=1S/C15H15N3O3/c1-10-5-6-12(8-14(10)18(20)21)15(19)17-11(2)13-4-3-7-16-9-13/h3-9,11H,1-2H3,(H,17,19). The highest BCUT2D eigenvalue weighted by molar-refractivity contribution is 5.95. The fourth-order valence-corrected chi connectivity index (χ4v) is 1.94. The molecule has 1 aromatic heterocycles. The average molecular weight is 285 g/mol. The Morgan fingerprint density at radius 3 is 2.76 bits per heavy atom. The molecule has 1 N–H and O–H groups in total. The van der Waals surface area contributed by atoms with Crippen molar-refractivity contribution in [1.29, 1.82) is 0 Å². The number of aromatic nitrogens is 1. The van der Waals surface area contributed by atoms with Crippen LogP contribution >= 0.6 is 0 Å². The number of nitro benzene ring substituents is 1. The van der Waals surface area contributed by atoms with Crippen LogP contribution in [-0.4, -0.2) is 15.8 Å². The van der Waals surface area contributed by atoms with Gasteiger partial charge in [0.25, 0.3) is 11.6 Å². The van der Waals surface area contributed by atoms with Crippen molar-refractivity contribution >= 4 is 11.6 Å². The predicted molar refractivity (Wildman–Crippen MR) is 78.0 cm³/mol. The average Bonchev–Trinajstić information content (AvgIpc) is 2.48. The van der Waals surface area contributed by atoms with Crippen molar-refractivity contribution < 1.29 is 9.72 Å². The molecule has 0 radical (unpaired) electrons. The molecule has 0 spiro atoms. The summed E-state index contributed by atoms with van der Waals surface area (Å²) < 4.78 is 0. The normalized spacial score (nSPS) is 11.7. The molecule has 6 heteroatoms. The van der Waals surface area contributed by atoms with Crippen LogP contribution in [0, 0.1) is 17.0 Å². The van der Waals surface area contributed by atoms with Crippen molar-refractivity contribution in [3.8, 4) is 0 Å². The van der Waals surface area contributed by atoms with E-state index in [9.17, 15) is 14.9 Å². The summed E-state index contributed by atoms with van der Waals surface area (Å²) in [6, 6.07) is 7.85. The molecule has 0 aliphatic heterocycles. The summed E-state index contributed by atoms with van der Waals surface area (Å²) in [7, 11) is 0. The maximum Gasteiger partial charge on any atom is 0.273 e. The second kappa shape index (κ2) is 6.13. The second-order valence-electron chi connectivity index (χ2n) is 4.74. The molecule has 108 valence electrons. The predicted octanol–water partition coefficient (Wildman–Crippen LogP) is 2.79. The molecule has 0 aliphatic rings. The molecule has 0 saturated carbocycles. The van der Waals surface area contributed by atoms with E-state index in [1.807, 2.05) is 13.0 Å². The van der Waals surface area contributed by atoms with Crippen molar-refractivity contribution in [2.24, 2.45) is 0 Å². The van der Waals surface area contributed by atoms with Crippen molar-refractivity contribution in [2.45, 2.75) is 19.9 Å². The summed E-state index contributed by atoms with van der Waals surface area (Å²) in [6.45, 7) is 3.47. The monoisotopic (exact) mass is 285 g/mol. The van der Waals surface area contributed by atoms with Gasteiger partial charge in [0.1, 0.15) is 0 Å². The van der Waals surface area contributed by atoms with Gasteiger partial charge < -0.3 is 5.32 Å². The van der Waals surface area contributed by atoms with Crippen LogP contribution in [0.25, 0.3) is 0 Å². The van der Waals surface area contributed by atoms with Crippen LogP contribution in [0.3, 0.4) is 0 Å². The minimum absolute atomic E-state index is 0.0586. The maximum atomic E-state index is 12.2. The summed E-state index contributed by atoms with van der Waals surface area (Å²) in [5.41, 5.74) is 1.60. The first-order valence-electron chi connectivity index (χ1n) is 6.45. The quantitative estimate of drug-likeness (QED) is 0.691. The molecule has 21 heavy (non-hydrogen) atoms. The van der Waals surface area contributed by atoms with E-state index in [1.54, 1.807) is 37.5 Å². The largest absolute Gasteiger partial charge is 0.345 e. The minimum Gasteiger partial charge on any atom is -0.345 e. The number of rotatable bonds is 4. The van der Waals surface area contributed by atoms with Crippen molar-refractivity contribution in [3.05, 3.63) is 69.5 Å². The van der Waals surface area contributed by atoms with Crippen LogP contribution < -0.4 is 5.32 Å². The topological polar surface area (TPSA) is 85.1 Å². The number of amides is 1. The Morgan fingerprint density at radius 1 is 1.38 bits per heavy atom. The van der Waals surface area contributed by atoms with Gasteiger partial charge in [-0.3, -0.25) is 19.9 Å². The third kappa shape index (κ3) is 3.42. The number of pyridine rings is 1. The van der Waals surface area contributed by atoms with Gasteiger partial charge in [-0.05, 0) is 31.5 Å². The van der Waals surface area contributed by atoms with Gasteiger partial charge in [-0.2, -0.15) is 0 Å². The molecule has 2 rings (SSSR count). The van der Waals surface area contributed by atoms with E-state index < -0.39 is 4.92 Å². The first-order chi connectivity index (χ1) is 9.99. The molecule has 0 fully saturated rings. The summed E-state index contributed by atoms with van der Waals surface area (Å²) in [5.74, 6) is -0.352. The first-order valence-corrected chi connectivity index (χ1v) is 6.45. The van der Waals surface area contributed by atoms with E-state index in [2.05, 4.69) is 10.3 Å². The first kappa shape index (κ1) is 14.6. The summed E-state index contributed by atoms with van der Waals surface area (Å²) in [4.78, 5) is 26.6. The molecule has 0 aliphatic carbocycles. The van der Waals surface area contributed by atoms with Crippen LogP contribution in [0.15, 0.2) is 42.7 Å². The van der Waals surface area contributed by atoms with Crippen molar-refractivity contribution in [3.63, 3.8) is 0 Å². The Morgan fingerprint density at radius 2 is 2.14 bits per heavy atom. The fourth-order valence-electron chi connectivity index (χ4n) is 1.94. The highest BCUT2D eigenvalue weighted by atomic mass is 16.6.